The SMILES string of the molecule is CCn1c(=O)nc(-c2ccccc2)c2cc3c(cc21)OCO3. The van der Waals surface area contributed by atoms with Crippen molar-refractivity contribution < 1.29 is 9.47 Å². The zero-order chi connectivity index (χ0) is 15.1. The van der Waals surface area contributed by atoms with Gasteiger partial charge in [0.1, 0.15) is 0 Å². The van der Waals surface area contributed by atoms with Gasteiger partial charge in [-0.25, -0.2) is 4.79 Å². The van der Waals surface area contributed by atoms with Crippen LogP contribution in [0.4, 0.5) is 0 Å². The van der Waals surface area contributed by atoms with Crippen LogP contribution in [-0.4, -0.2) is 16.3 Å². The van der Waals surface area contributed by atoms with E-state index in [1.165, 1.54) is 0 Å². The van der Waals surface area contributed by atoms with E-state index >= 15 is 0 Å². The number of hydrogen-bond acceptors (Lipinski definition) is 4. The molecule has 0 aliphatic carbocycles. The summed E-state index contributed by atoms with van der Waals surface area (Å²) in [7, 11) is 0. The summed E-state index contributed by atoms with van der Waals surface area (Å²) in [6, 6.07) is 13.5. The topological polar surface area (TPSA) is 53.4 Å². The predicted molar refractivity (Wildman–Crippen MR) is 83.2 cm³/mol. The number of aromatic nitrogens is 2. The highest BCUT2D eigenvalue weighted by Gasteiger charge is 2.19. The van der Waals surface area contributed by atoms with Gasteiger partial charge in [-0.3, -0.25) is 4.57 Å². The number of rotatable bonds is 2. The van der Waals surface area contributed by atoms with Gasteiger partial charge in [-0.2, -0.15) is 4.98 Å². The fraction of sp³-hybridized carbons (Fsp3) is 0.176. The number of ether oxygens (including phenoxy) is 2. The summed E-state index contributed by atoms with van der Waals surface area (Å²) < 4.78 is 12.5. The summed E-state index contributed by atoms with van der Waals surface area (Å²) in [5, 5.41) is 0.886. The maximum absolute atomic E-state index is 12.3. The van der Waals surface area contributed by atoms with Crippen molar-refractivity contribution in [3.8, 4) is 22.8 Å². The zero-order valence-corrected chi connectivity index (χ0v) is 12.1. The van der Waals surface area contributed by atoms with E-state index in [4.69, 9.17) is 9.47 Å². The van der Waals surface area contributed by atoms with E-state index < -0.39 is 0 Å². The molecule has 5 nitrogen and oxygen atoms in total. The minimum atomic E-state index is -0.257. The number of fused-ring (bicyclic) bond motifs is 2. The van der Waals surface area contributed by atoms with Crippen LogP contribution in [0.3, 0.4) is 0 Å². The Morgan fingerprint density at radius 1 is 1.14 bits per heavy atom. The van der Waals surface area contributed by atoms with Crippen molar-refractivity contribution in [2.24, 2.45) is 0 Å². The Kier molecular flexibility index (Phi) is 2.85. The molecule has 110 valence electrons. The Morgan fingerprint density at radius 2 is 1.86 bits per heavy atom. The Hall–Kier alpha value is -2.82. The standard InChI is InChI=1S/C17H14N2O3/c1-2-19-13-9-15-14(21-10-22-15)8-12(13)16(18-17(19)20)11-6-4-3-5-7-11/h3-9H,2,10H2,1H3. The molecular weight excluding hydrogens is 280 g/mol. The summed E-state index contributed by atoms with van der Waals surface area (Å²) in [6.45, 7) is 2.68. The van der Waals surface area contributed by atoms with Gasteiger partial charge in [-0.1, -0.05) is 30.3 Å². The molecule has 0 saturated heterocycles. The first kappa shape index (κ1) is 12.9. The van der Waals surface area contributed by atoms with Crippen molar-refractivity contribution >= 4 is 10.9 Å². The van der Waals surface area contributed by atoms with Gasteiger partial charge in [-0.15, -0.1) is 0 Å². The van der Waals surface area contributed by atoms with Crippen molar-refractivity contribution in [1.29, 1.82) is 0 Å². The lowest BCUT2D eigenvalue weighted by molar-refractivity contribution is 0.174. The molecule has 0 spiro atoms. The smallest absolute Gasteiger partial charge is 0.348 e. The van der Waals surface area contributed by atoms with E-state index in [2.05, 4.69) is 4.98 Å². The van der Waals surface area contributed by atoms with Crippen molar-refractivity contribution in [3.05, 3.63) is 52.9 Å². The lowest BCUT2D eigenvalue weighted by Gasteiger charge is -2.12. The average Bonchev–Trinajstić information content (AvgIpc) is 3.00. The van der Waals surface area contributed by atoms with Crippen LogP contribution in [0.2, 0.25) is 0 Å². The molecule has 0 fully saturated rings. The second-order valence-electron chi connectivity index (χ2n) is 5.08. The molecule has 3 aromatic rings. The molecule has 0 atom stereocenters. The second kappa shape index (κ2) is 4.87. The Morgan fingerprint density at radius 3 is 2.59 bits per heavy atom. The lowest BCUT2D eigenvalue weighted by Crippen LogP contribution is -2.23. The first-order valence-corrected chi connectivity index (χ1v) is 7.17. The number of benzene rings is 2. The summed E-state index contributed by atoms with van der Waals surface area (Å²) in [6.07, 6.45) is 0. The van der Waals surface area contributed by atoms with Gasteiger partial charge in [0, 0.05) is 23.6 Å². The lowest BCUT2D eigenvalue weighted by atomic mass is 10.1. The molecule has 5 heteroatoms. The minimum absolute atomic E-state index is 0.204. The van der Waals surface area contributed by atoms with Gasteiger partial charge in [0.05, 0.1) is 11.2 Å². The van der Waals surface area contributed by atoms with E-state index in [9.17, 15) is 4.79 Å². The van der Waals surface area contributed by atoms with Crippen LogP contribution in [0.1, 0.15) is 6.92 Å². The molecule has 1 aliphatic heterocycles. The molecule has 1 aromatic heterocycles. The van der Waals surface area contributed by atoms with Gasteiger partial charge in [0.15, 0.2) is 11.5 Å². The molecule has 2 aromatic carbocycles. The highest BCUT2D eigenvalue weighted by Crippen LogP contribution is 2.38. The first-order chi connectivity index (χ1) is 10.8. The Labute approximate surface area is 126 Å². The van der Waals surface area contributed by atoms with E-state index in [1.807, 2.05) is 49.4 Å². The molecule has 4 rings (SSSR count). The predicted octanol–water partition coefficient (Wildman–Crippen LogP) is 2.81. The highest BCUT2D eigenvalue weighted by molar-refractivity contribution is 5.94. The van der Waals surface area contributed by atoms with Crippen LogP contribution in [-0.2, 0) is 6.54 Å². The molecule has 0 amide bonds. The fourth-order valence-corrected chi connectivity index (χ4v) is 2.79. The molecule has 0 bridgehead atoms. The number of aryl methyl sites for hydroxylation is 1. The van der Waals surface area contributed by atoms with Gasteiger partial charge in [0.25, 0.3) is 0 Å². The summed E-state index contributed by atoms with van der Waals surface area (Å²) in [5.41, 5.74) is 2.13. The van der Waals surface area contributed by atoms with Gasteiger partial charge in [0.2, 0.25) is 6.79 Å². The molecular formula is C17H14N2O3. The van der Waals surface area contributed by atoms with E-state index in [0.717, 1.165) is 16.5 Å². The summed E-state index contributed by atoms with van der Waals surface area (Å²) in [4.78, 5) is 16.6. The third kappa shape index (κ3) is 1.86. The number of nitrogens with zero attached hydrogens (tertiary/aromatic N) is 2. The average molecular weight is 294 g/mol. The van der Waals surface area contributed by atoms with Crippen LogP contribution in [0.15, 0.2) is 47.3 Å². The maximum Gasteiger partial charge on any atom is 0.348 e. The van der Waals surface area contributed by atoms with Crippen molar-refractivity contribution in [2.45, 2.75) is 13.5 Å². The number of hydrogen-bond donors (Lipinski definition) is 0. The summed E-state index contributed by atoms with van der Waals surface area (Å²) in [5.74, 6) is 1.35. The third-order valence-electron chi connectivity index (χ3n) is 3.84. The van der Waals surface area contributed by atoms with E-state index in [1.54, 1.807) is 4.57 Å². The van der Waals surface area contributed by atoms with Crippen LogP contribution in [0.5, 0.6) is 11.5 Å². The van der Waals surface area contributed by atoms with Gasteiger partial charge >= 0.3 is 5.69 Å². The Balaban J connectivity index is 2.12. The van der Waals surface area contributed by atoms with Crippen LogP contribution in [0.25, 0.3) is 22.2 Å². The van der Waals surface area contributed by atoms with Gasteiger partial charge in [-0.05, 0) is 13.0 Å². The molecule has 22 heavy (non-hydrogen) atoms. The third-order valence-corrected chi connectivity index (χ3v) is 3.84. The van der Waals surface area contributed by atoms with E-state index in [-0.39, 0.29) is 12.5 Å². The van der Waals surface area contributed by atoms with Crippen molar-refractivity contribution in [3.63, 3.8) is 0 Å². The zero-order valence-electron chi connectivity index (χ0n) is 12.1. The minimum Gasteiger partial charge on any atom is -0.454 e. The molecule has 1 aliphatic rings. The first-order valence-electron chi connectivity index (χ1n) is 7.17. The summed E-state index contributed by atoms with van der Waals surface area (Å²) >= 11 is 0. The van der Waals surface area contributed by atoms with Crippen LogP contribution in [0, 0.1) is 0 Å². The highest BCUT2D eigenvalue weighted by atomic mass is 16.7. The second-order valence-corrected chi connectivity index (χ2v) is 5.08. The quantitative estimate of drug-likeness (QED) is 0.729. The molecule has 0 radical (unpaired) electrons. The fourth-order valence-electron chi connectivity index (χ4n) is 2.79. The van der Waals surface area contributed by atoms with E-state index in [0.29, 0.717) is 23.7 Å². The maximum atomic E-state index is 12.3. The molecule has 0 saturated carbocycles. The van der Waals surface area contributed by atoms with Crippen molar-refractivity contribution in [2.75, 3.05) is 6.79 Å². The van der Waals surface area contributed by atoms with Crippen molar-refractivity contribution in [1.82, 2.24) is 9.55 Å². The molecule has 2 heterocycles. The Bertz CT molecular complexity index is 917. The normalized spacial score (nSPS) is 12.8. The molecule has 0 N–H and O–H groups in total. The molecule has 0 unspecified atom stereocenters. The van der Waals surface area contributed by atoms with Gasteiger partial charge < -0.3 is 9.47 Å². The van der Waals surface area contributed by atoms with Crippen LogP contribution >= 0.6 is 0 Å². The monoisotopic (exact) mass is 294 g/mol. The largest absolute Gasteiger partial charge is 0.454 e. The van der Waals surface area contributed by atoms with Crippen LogP contribution < -0.4 is 15.2 Å².